The number of urea groups is 1. The van der Waals surface area contributed by atoms with Crippen LogP contribution in [-0.4, -0.2) is 69.2 Å². The van der Waals surface area contributed by atoms with Gasteiger partial charge in [0, 0.05) is 13.1 Å². The molecule has 1 aromatic rings. The first-order valence-electron chi connectivity index (χ1n) is 6.20. The van der Waals surface area contributed by atoms with Gasteiger partial charge < -0.3 is 20.1 Å². The molecule has 0 aromatic carbocycles. The molecule has 0 radical (unpaired) electrons. The Morgan fingerprint density at radius 3 is 2.67 bits per heavy atom. The molecule has 2 heterocycles. The highest BCUT2D eigenvalue weighted by atomic mass is 16.5. The van der Waals surface area contributed by atoms with E-state index in [9.17, 15) is 14.4 Å². The molecular formula is C11H15N5O5. The number of amides is 2. The molecule has 0 spiro atoms. The Balaban J connectivity index is 1.84. The summed E-state index contributed by atoms with van der Waals surface area (Å²) in [7, 11) is 1.25. The van der Waals surface area contributed by atoms with Crippen molar-refractivity contribution in [3.05, 3.63) is 11.9 Å². The van der Waals surface area contributed by atoms with Crippen molar-refractivity contribution in [3.8, 4) is 0 Å². The first kappa shape index (κ1) is 14.8. The fourth-order valence-electron chi connectivity index (χ4n) is 1.85. The van der Waals surface area contributed by atoms with Crippen LogP contribution in [0, 0.1) is 0 Å². The number of hydrogen-bond donors (Lipinski definition) is 2. The standard InChI is InChI=1S/C11H15N5O5/c1-6(10(19)21-2)12-11(20)15-3-7(4-15)16-5-8(9(17)18)13-14-16/h5-7H,3-4H2,1-2H3,(H,12,20)(H,17,18). The van der Waals surface area contributed by atoms with Crippen LogP contribution in [-0.2, 0) is 9.53 Å². The van der Waals surface area contributed by atoms with Crippen LogP contribution in [0.25, 0.3) is 0 Å². The largest absolute Gasteiger partial charge is 0.476 e. The van der Waals surface area contributed by atoms with Crippen LogP contribution in [0.3, 0.4) is 0 Å². The Labute approximate surface area is 119 Å². The Bertz CT molecular complexity index is 565. The fraction of sp³-hybridized carbons (Fsp3) is 0.545. The van der Waals surface area contributed by atoms with Gasteiger partial charge in [-0.2, -0.15) is 0 Å². The van der Waals surface area contributed by atoms with Crippen molar-refractivity contribution in [2.24, 2.45) is 0 Å². The van der Waals surface area contributed by atoms with Crippen molar-refractivity contribution in [1.82, 2.24) is 25.2 Å². The summed E-state index contributed by atoms with van der Waals surface area (Å²) < 4.78 is 5.92. The number of likely N-dealkylation sites (tertiary alicyclic amines) is 1. The molecular weight excluding hydrogens is 282 g/mol. The number of hydrogen-bond acceptors (Lipinski definition) is 6. The lowest BCUT2D eigenvalue weighted by Crippen LogP contribution is -2.56. The number of ether oxygens (including phenoxy) is 1. The number of carboxylic acid groups (broad SMARTS) is 1. The molecule has 10 heteroatoms. The molecule has 2 rings (SSSR count). The molecule has 1 aromatic heterocycles. The van der Waals surface area contributed by atoms with Gasteiger partial charge >= 0.3 is 18.0 Å². The zero-order valence-electron chi connectivity index (χ0n) is 11.5. The van der Waals surface area contributed by atoms with Crippen molar-refractivity contribution < 1.29 is 24.2 Å². The molecule has 1 saturated heterocycles. The summed E-state index contributed by atoms with van der Waals surface area (Å²) in [6, 6.07) is -1.24. The van der Waals surface area contributed by atoms with Crippen molar-refractivity contribution in [2.45, 2.75) is 19.0 Å². The number of rotatable bonds is 4. The van der Waals surface area contributed by atoms with Crippen molar-refractivity contribution >= 4 is 18.0 Å². The quantitative estimate of drug-likeness (QED) is 0.690. The second kappa shape index (κ2) is 5.77. The summed E-state index contributed by atoms with van der Waals surface area (Å²) in [5.74, 6) is -1.68. The van der Waals surface area contributed by atoms with Crippen molar-refractivity contribution in [3.63, 3.8) is 0 Å². The number of aromatic carboxylic acids is 1. The maximum atomic E-state index is 11.8. The molecule has 114 valence electrons. The molecule has 21 heavy (non-hydrogen) atoms. The van der Waals surface area contributed by atoms with Crippen LogP contribution < -0.4 is 5.32 Å². The van der Waals surface area contributed by atoms with E-state index in [1.54, 1.807) is 0 Å². The lowest BCUT2D eigenvalue weighted by Gasteiger charge is -2.39. The van der Waals surface area contributed by atoms with Crippen LogP contribution in [0.2, 0.25) is 0 Å². The summed E-state index contributed by atoms with van der Waals surface area (Å²) in [5.41, 5.74) is -0.141. The summed E-state index contributed by atoms with van der Waals surface area (Å²) in [4.78, 5) is 35.2. The number of esters is 1. The SMILES string of the molecule is COC(=O)C(C)NC(=O)N1CC(n2cc(C(=O)O)nn2)C1. The Morgan fingerprint density at radius 1 is 1.48 bits per heavy atom. The Morgan fingerprint density at radius 2 is 2.14 bits per heavy atom. The topological polar surface area (TPSA) is 127 Å². The van der Waals surface area contributed by atoms with E-state index < -0.39 is 18.0 Å². The third-order valence-electron chi connectivity index (χ3n) is 3.15. The van der Waals surface area contributed by atoms with Gasteiger partial charge in [-0.05, 0) is 6.92 Å². The summed E-state index contributed by atoms with van der Waals surface area (Å²) in [6.45, 7) is 2.25. The van der Waals surface area contributed by atoms with E-state index in [0.29, 0.717) is 13.1 Å². The van der Waals surface area contributed by atoms with Crippen molar-refractivity contribution in [1.29, 1.82) is 0 Å². The predicted molar refractivity (Wildman–Crippen MR) is 67.6 cm³/mol. The summed E-state index contributed by atoms with van der Waals surface area (Å²) >= 11 is 0. The van der Waals surface area contributed by atoms with Gasteiger partial charge in [-0.3, -0.25) is 0 Å². The van der Waals surface area contributed by atoms with E-state index >= 15 is 0 Å². The number of carboxylic acids is 1. The van der Waals surface area contributed by atoms with Crippen LogP contribution >= 0.6 is 0 Å². The third-order valence-corrected chi connectivity index (χ3v) is 3.15. The number of nitrogens with one attached hydrogen (secondary N) is 1. The number of carbonyl (C=O) groups is 3. The number of methoxy groups -OCH3 is 1. The third kappa shape index (κ3) is 3.09. The molecule has 0 bridgehead atoms. The van der Waals surface area contributed by atoms with Gasteiger partial charge in [0.1, 0.15) is 6.04 Å². The molecule has 0 aliphatic carbocycles. The second-order valence-corrected chi connectivity index (χ2v) is 4.64. The lowest BCUT2D eigenvalue weighted by atomic mass is 10.1. The molecule has 0 saturated carbocycles. The molecule has 1 aliphatic heterocycles. The highest BCUT2D eigenvalue weighted by Crippen LogP contribution is 2.20. The maximum Gasteiger partial charge on any atom is 0.358 e. The van der Waals surface area contributed by atoms with Gasteiger partial charge in [0.25, 0.3) is 0 Å². The zero-order chi connectivity index (χ0) is 15.6. The van der Waals surface area contributed by atoms with E-state index in [1.165, 1.54) is 29.8 Å². The maximum absolute atomic E-state index is 11.8. The molecule has 10 nitrogen and oxygen atoms in total. The molecule has 2 N–H and O–H groups in total. The monoisotopic (exact) mass is 297 g/mol. The average molecular weight is 297 g/mol. The zero-order valence-corrected chi connectivity index (χ0v) is 11.5. The van der Waals surface area contributed by atoms with E-state index in [2.05, 4.69) is 20.4 Å². The number of carbonyl (C=O) groups excluding carboxylic acids is 2. The van der Waals surface area contributed by atoms with Crippen LogP contribution in [0.5, 0.6) is 0 Å². The average Bonchev–Trinajstić information content (AvgIpc) is 2.85. The predicted octanol–water partition coefficient (Wildman–Crippen LogP) is -0.896. The molecule has 2 amide bonds. The smallest absolute Gasteiger partial charge is 0.358 e. The summed E-state index contributed by atoms with van der Waals surface area (Å²) in [6.07, 6.45) is 1.32. The first-order valence-corrected chi connectivity index (χ1v) is 6.20. The van der Waals surface area contributed by atoms with Gasteiger partial charge in [-0.15, -0.1) is 5.10 Å². The van der Waals surface area contributed by atoms with Gasteiger partial charge in [-0.25, -0.2) is 19.1 Å². The van der Waals surface area contributed by atoms with Crippen LogP contribution in [0.1, 0.15) is 23.5 Å². The van der Waals surface area contributed by atoms with Gasteiger partial charge in [-0.1, -0.05) is 5.21 Å². The summed E-state index contributed by atoms with van der Waals surface area (Å²) in [5, 5.41) is 18.5. The van der Waals surface area contributed by atoms with Gasteiger partial charge in [0.2, 0.25) is 0 Å². The van der Waals surface area contributed by atoms with E-state index in [-0.39, 0.29) is 17.8 Å². The molecule has 1 unspecified atom stereocenters. The number of aromatic nitrogens is 3. The number of nitrogens with zero attached hydrogens (tertiary/aromatic N) is 4. The molecule has 1 atom stereocenters. The van der Waals surface area contributed by atoms with E-state index in [0.717, 1.165) is 0 Å². The van der Waals surface area contributed by atoms with Crippen LogP contribution in [0.15, 0.2) is 6.20 Å². The first-order chi connectivity index (χ1) is 9.92. The van der Waals surface area contributed by atoms with Gasteiger partial charge in [0.15, 0.2) is 5.69 Å². The van der Waals surface area contributed by atoms with E-state index in [4.69, 9.17) is 5.11 Å². The Hall–Kier alpha value is -2.65. The fourth-order valence-corrected chi connectivity index (χ4v) is 1.85. The second-order valence-electron chi connectivity index (χ2n) is 4.64. The molecule has 1 fully saturated rings. The minimum atomic E-state index is -1.15. The van der Waals surface area contributed by atoms with E-state index in [1.807, 2.05) is 0 Å². The van der Waals surface area contributed by atoms with Crippen LogP contribution in [0.4, 0.5) is 4.79 Å². The minimum Gasteiger partial charge on any atom is -0.476 e. The molecule has 1 aliphatic rings. The normalized spacial score (nSPS) is 16.0. The highest BCUT2D eigenvalue weighted by molar-refractivity contribution is 5.85. The minimum absolute atomic E-state index is 0.121. The van der Waals surface area contributed by atoms with Gasteiger partial charge in [0.05, 0.1) is 19.3 Å². The highest BCUT2D eigenvalue weighted by Gasteiger charge is 2.34. The van der Waals surface area contributed by atoms with Crippen molar-refractivity contribution in [2.75, 3.05) is 20.2 Å². The Kier molecular flexibility index (Phi) is 4.05. The lowest BCUT2D eigenvalue weighted by molar-refractivity contribution is -0.142.